The lowest BCUT2D eigenvalue weighted by Crippen LogP contribution is -2.56. The summed E-state index contributed by atoms with van der Waals surface area (Å²) in [4.78, 5) is 57.0. The molecule has 15 nitrogen and oxygen atoms in total. The molecule has 0 radical (unpaired) electrons. The molecule has 4 aliphatic carbocycles. The smallest absolute Gasteiger partial charge is 0.408 e. The van der Waals surface area contributed by atoms with E-state index in [1.165, 1.54) is 4.80 Å². The van der Waals surface area contributed by atoms with Crippen LogP contribution in [-0.4, -0.2) is 82.4 Å². The van der Waals surface area contributed by atoms with Gasteiger partial charge in [-0.15, -0.1) is 10.2 Å². The molecule has 3 amide bonds. The highest BCUT2D eigenvalue weighted by Gasteiger charge is 2.62. The van der Waals surface area contributed by atoms with Gasteiger partial charge in [-0.05, 0) is 92.7 Å². The van der Waals surface area contributed by atoms with Crippen molar-refractivity contribution in [2.75, 3.05) is 7.11 Å². The molecule has 0 aliphatic heterocycles. The number of carbonyl (C=O) groups is 4. The molecular formula is C36H49N7O8S. The van der Waals surface area contributed by atoms with E-state index in [2.05, 4.69) is 30.8 Å². The molecule has 16 heteroatoms. The van der Waals surface area contributed by atoms with Crippen molar-refractivity contribution in [3.05, 3.63) is 36.4 Å². The van der Waals surface area contributed by atoms with E-state index in [1.807, 2.05) is 39.8 Å². The number of nitrogens with one attached hydrogen (secondary N) is 3. The van der Waals surface area contributed by atoms with Gasteiger partial charge in [-0.2, -0.15) is 4.80 Å². The summed E-state index contributed by atoms with van der Waals surface area (Å²) in [5.74, 6) is -2.98. The number of ether oxygens (including phenoxy) is 2. The topological polar surface area (TPSA) is 201 Å². The third kappa shape index (κ3) is 8.01. The average Bonchev–Trinajstić information content (AvgIpc) is 3.95. The number of aromatic nitrogens is 4. The molecule has 4 fully saturated rings. The number of ketones is 1. The van der Waals surface area contributed by atoms with Crippen LogP contribution in [0.5, 0.6) is 5.75 Å². The molecule has 2 aromatic rings. The normalized spacial score (nSPS) is 26.6. The van der Waals surface area contributed by atoms with Gasteiger partial charge in [-0.25, -0.2) is 13.2 Å². The predicted molar refractivity (Wildman–Crippen MR) is 189 cm³/mol. The number of benzene rings is 1. The van der Waals surface area contributed by atoms with Crippen LogP contribution in [0.25, 0.3) is 11.4 Å². The highest BCUT2D eigenvalue weighted by Crippen LogP contribution is 2.48. The van der Waals surface area contributed by atoms with Crippen LogP contribution in [0.4, 0.5) is 4.79 Å². The molecule has 0 bridgehead atoms. The number of rotatable bonds is 14. The Morgan fingerprint density at radius 3 is 2.35 bits per heavy atom. The maximum Gasteiger partial charge on any atom is 0.408 e. The first-order valence-corrected chi connectivity index (χ1v) is 19.7. The lowest BCUT2D eigenvalue weighted by Gasteiger charge is -2.34. The number of hydrogen-bond acceptors (Lipinski definition) is 11. The number of allylic oxidation sites excluding steroid dienone is 1. The Morgan fingerprint density at radius 2 is 1.75 bits per heavy atom. The molecule has 1 aromatic carbocycles. The zero-order valence-electron chi connectivity index (χ0n) is 30.3. The van der Waals surface area contributed by atoms with Gasteiger partial charge in [0.1, 0.15) is 17.4 Å². The Labute approximate surface area is 304 Å². The van der Waals surface area contributed by atoms with Gasteiger partial charge in [-0.1, -0.05) is 39.8 Å². The number of methoxy groups -OCH3 is 1. The second kappa shape index (κ2) is 14.6. The number of tetrazole rings is 1. The fourth-order valence-electron chi connectivity index (χ4n) is 7.04. The second-order valence-corrected chi connectivity index (χ2v) is 17.5. The van der Waals surface area contributed by atoms with E-state index in [9.17, 15) is 27.6 Å². The minimum Gasteiger partial charge on any atom is -0.497 e. The van der Waals surface area contributed by atoms with Crippen molar-refractivity contribution in [2.24, 2.45) is 23.2 Å². The second-order valence-electron chi connectivity index (χ2n) is 15.6. The van der Waals surface area contributed by atoms with Crippen molar-refractivity contribution in [3.63, 3.8) is 0 Å². The molecule has 0 spiro atoms. The molecular weight excluding hydrogens is 691 g/mol. The minimum atomic E-state index is -3.88. The lowest BCUT2D eigenvalue weighted by molar-refractivity contribution is -0.137. The number of hydrogen-bond donors (Lipinski definition) is 3. The van der Waals surface area contributed by atoms with Crippen molar-refractivity contribution < 1.29 is 37.1 Å². The van der Waals surface area contributed by atoms with Crippen molar-refractivity contribution in [1.29, 1.82) is 0 Å². The quantitative estimate of drug-likeness (QED) is 0.239. The molecule has 0 saturated heterocycles. The van der Waals surface area contributed by atoms with E-state index >= 15 is 0 Å². The fourth-order valence-corrected chi connectivity index (χ4v) is 8.40. The molecule has 6 rings (SSSR count). The van der Waals surface area contributed by atoms with Crippen LogP contribution in [-0.2, 0) is 29.1 Å². The summed E-state index contributed by atoms with van der Waals surface area (Å²) in [6, 6.07) is 5.62. The van der Waals surface area contributed by atoms with Crippen molar-refractivity contribution in [2.45, 2.75) is 114 Å². The van der Waals surface area contributed by atoms with Crippen molar-refractivity contribution in [1.82, 2.24) is 35.6 Å². The van der Waals surface area contributed by atoms with E-state index in [0.717, 1.165) is 19.3 Å². The van der Waals surface area contributed by atoms with E-state index < -0.39 is 74.0 Å². The third-order valence-corrected chi connectivity index (χ3v) is 12.5. The summed E-state index contributed by atoms with van der Waals surface area (Å²) in [7, 11) is -2.31. The Kier molecular flexibility index (Phi) is 10.5. The van der Waals surface area contributed by atoms with Crippen LogP contribution >= 0.6 is 0 Å². The first-order chi connectivity index (χ1) is 24.6. The Hall–Kier alpha value is -4.34. The van der Waals surface area contributed by atoms with Crippen molar-refractivity contribution in [3.8, 4) is 17.1 Å². The maximum atomic E-state index is 14.6. The predicted octanol–water partition coefficient (Wildman–Crippen LogP) is 3.63. The summed E-state index contributed by atoms with van der Waals surface area (Å²) >= 11 is 0. The zero-order valence-corrected chi connectivity index (χ0v) is 31.1. The number of alkyl carbamates (subject to hydrolysis) is 1. The Balaban J connectivity index is 1.28. The number of amides is 3. The van der Waals surface area contributed by atoms with Gasteiger partial charge < -0.3 is 20.1 Å². The SMILES string of the molecule is CC/C=C/[C@@H]1C[C@@]1(NC(=O)[C@@H]1C[C@@H](n2nnc(-c3ccc(OC)cc3)n2)CC1C(=O)C(NC(=O)OC1CCC1)C(C)(C)C)C(=O)NS(=O)(=O)C1CC1. The van der Waals surface area contributed by atoms with Crippen LogP contribution in [0.2, 0.25) is 0 Å². The van der Waals surface area contributed by atoms with Crippen LogP contribution in [0.1, 0.15) is 91.5 Å². The minimum absolute atomic E-state index is 0.136. The van der Waals surface area contributed by atoms with Gasteiger partial charge in [0.25, 0.3) is 5.91 Å². The number of Topliss-reactive ketones (excluding diaryl/α,β-unsaturated/α-hetero) is 1. The third-order valence-electron chi connectivity index (χ3n) is 10.7. The largest absolute Gasteiger partial charge is 0.497 e. The zero-order chi connectivity index (χ0) is 37.4. The fraction of sp³-hybridized carbons (Fsp3) is 0.639. The summed E-state index contributed by atoms with van der Waals surface area (Å²) in [5.41, 5.74) is -1.53. The Morgan fingerprint density at radius 1 is 1.06 bits per heavy atom. The van der Waals surface area contributed by atoms with Crippen LogP contribution in [0.3, 0.4) is 0 Å². The first kappa shape index (κ1) is 37.4. The number of carbonyl (C=O) groups excluding carboxylic acids is 4. The van der Waals surface area contributed by atoms with Crippen LogP contribution in [0.15, 0.2) is 36.4 Å². The van der Waals surface area contributed by atoms with Gasteiger partial charge in [0.05, 0.1) is 24.4 Å². The lowest BCUT2D eigenvalue weighted by atomic mass is 9.77. The summed E-state index contributed by atoms with van der Waals surface area (Å²) in [5, 5.41) is 18.2. The standard InChI is InChI=1S/C36H49N7O8S/c1-6-7-9-22-20-36(22,33(46)41-52(48,49)26-16-17-26)38-32(45)28-19-23(43-40-31(39-42-43)21-12-14-24(50-5)15-13-21)18-27(28)29(44)30(35(2,3)4)37-34(47)51-25-10-8-11-25/h7,9,12-15,22-23,25-28,30H,6,8,10-11,16-20H2,1-5H3,(H,37,47)(H,38,45)(H,41,46)/b9-7+/t22-,23+,27?,28-,30?,36+/m1/s1. The molecule has 4 aliphatic rings. The van der Waals surface area contributed by atoms with E-state index in [4.69, 9.17) is 9.47 Å². The average molecular weight is 740 g/mol. The highest BCUT2D eigenvalue weighted by molar-refractivity contribution is 7.91. The van der Waals surface area contributed by atoms with Gasteiger partial charge in [0, 0.05) is 23.3 Å². The van der Waals surface area contributed by atoms with Gasteiger partial charge in [0.15, 0.2) is 5.78 Å². The first-order valence-electron chi connectivity index (χ1n) is 18.1. The molecule has 4 saturated carbocycles. The molecule has 6 atom stereocenters. The molecule has 282 valence electrons. The monoisotopic (exact) mass is 739 g/mol. The Bertz CT molecular complexity index is 1810. The summed E-state index contributed by atoms with van der Waals surface area (Å²) < 4.78 is 38.6. The molecule has 52 heavy (non-hydrogen) atoms. The number of nitrogens with zero attached hydrogens (tertiary/aromatic N) is 4. The number of sulfonamides is 1. The van der Waals surface area contributed by atoms with Gasteiger partial charge >= 0.3 is 6.09 Å². The van der Waals surface area contributed by atoms with Crippen molar-refractivity contribution >= 4 is 33.7 Å². The summed E-state index contributed by atoms with van der Waals surface area (Å²) in [6.45, 7) is 7.42. The van der Waals surface area contributed by atoms with E-state index in [0.29, 0.717) is 36.4 Å². The van der Waals surface area contributed by atoms with Gasteiger partial charge in [0.2, 0.25) is 21.8 Å². The summed E-state index contributed by atoms with van der Waals surface area (Å²) in [6.07, 6.45) is 7.47. The highest BCUT2D eigenvalue weighted by atomic mass is 32.2. The maximum absolute atomic E-state index is 14.6. The van der Waals surface area contributed by atoms with Crippen LogP contribution < -0.4 is 20.1 Å². The molecule has 2 unspecified atom stereocenters. The molecule has 1 heterocycles. The molecule has 1 aromatic heterocycles. The van der Waals surface area contributed by atoms with E-state index in [1.54, 1.807) is 31.4 Å². The van der Waals surface area contributed by atoms with E-state index in [-0.39, 0.29) is 31.1 Å². The van der Waals surface area contributed by atoms with Gasteiger partial charge in [-0.3, -0.25) is 19.1 Å². The van der Waals surface area contributed by atoms with Crippen LogP contribution in [0, 0.1) is 23.2 Å². The molecule has 3 N–H and O–H groups in total.